The minimum Gasteiger partial charge on any atom is -0.338 e. The molecule has 1 aromatic heterocycles. The van der Waals surface area contributed by atoms with Crippen LogP contribution in [0.25, 0.3) is 11.1 Å². The molecule has 6 nitrogen and oxygen atoms in total. The van der Waals surface area contributed by atoms with Gasteiger partial charge in [-0.1, -0.05) is 60.7 Å². The van der Waals surface area contributed by atoms with Crippen LogP contribution in [0, 0.1) is 0 Å². The van der Waals surface area contributed by atoms with Gasteiger partial charge in [-0.3, -0.25) is 9.59 Å². The summed E-state index contributed by atoms with van der Waals surface area (Å²) >= 11 is 0. The minimum absolute atomic E-state index is 0.168. The maximum atomic E-state index is 13.4. The zero-order valence-electron chi connectivity index (χ0n) is 15.2. The molecule has 29 heavy (non-hydrogen) atoms. The van der Waals surface area contributed by atoms with Crippen LogP contribution in [0.4, 0.5) is 11.5 Å². The van der Waals surface area contributed by atoms with Crippen molar-refractivity contribution in [2.45, 2.75) is 0 Å². The Bertz CT molecular complexity index is 1250. The van der Waals surface area contributed by atoms with Crippen molar-refractivity contribution in [2.75, 3.05) is 5.32 Å². The van der Waals surface area contributed by atoms with Crippen LogP contribution in [0.3, 0.4) is 0 Å². The van der Waals surface area contributed by atoms with E-state index in [2.05, 4.69) is 20.7 Å². The maximum absolute atomic E-state index is 13.4. The molecule has 4 aromatic rings. The number of nitrogens with one attached hydrogen (secondary N) is 1. The van der Waals surface area contributed by atoms with Gasteiger partial charge in [0.1, 0.15) is 0 Å². The third kappa shape index (κ3) is 2.78. The normalized spacial score (nSPS) is 12.3. The summed E-state index contributed by atoms with van der Waals surface area (Å²) in [6.07, 6.45) is 1.51. The van der Waals surface area contributed by atoms with Crippen molar-refractivity contribution < 1.29 is 9.59 Å². The van der Waals surface area contributed by atoms with Crippen LogP contribution in [0.2, 0.25) is 0 Å². The Kier molecular flexibility index (Phi) is 3.95. The number of hydrogen-bond donors (Lipinski definition) is 1. The van der Waals surface area contributed by atoms with Gasteiger partial charge in [-0.15, -0.1) is 10.2 Å². The summed E-state index contributed by atoms with van der Waals surface area (Å²) in [4.78, 5) is 26.5. The monoisotopic (exact) mass is 378 g/mol. The lowest BCUT2D eigenvalue weighted by atomic mass is 9.81. The molecule has 3 aromatic carbocycles. The van der Waals surface area contributed by atoms with Crippen LogP contribution in [0.15, 0.2) is 79.0 Å². The molecule has 0 saturated heterocycles. The fourth-order valence-corrected chi connectivity index (χ4v) is 3.61. The predicted molar refractivity (Wildman–Crippen MR) is 108 cm³/mol. The first-order valence-corrected chi connectivity index (χ1v) is 9.06. The van der Waals surface area contributed by atoms with E-state index < -0.39 is 0 Å². The molecule has 0 fully saturated rings. The molecule has 5 rings (SSSR count). The topological polar surface area (TPSA) is 84.8 Å². The molecule has 0 saturated carbocycles. The molecule has 1 aliphatic rings. The van der Waals surface area contributed by atoms with Crippen molar-refractivity contribution in [1.29, 1.82) is 0 Å². The lowest BCUT2D eigenvalue weighted by molar-refractivity contribution is 0.0979. The lowest BCUT2D eigenvalue weighted by Gasteiger charge is -2.23. The molecule has 0 radical (unpaired) electrons. The van der Waals surface area contributed by atoms with E-state index in [0.717, 1.165) is 11.1 Å². The summed E-state index contributed by atoms with van der Waals surface area (Å²) < 4.78 is 0. The van der Waals surface area contributed by atoms with Gasteiger partial charge in [-0.25, -0.2) is 0 Å². The Hall–Kier alpha value is -4.19. The summed E-state index contributed by atoms with van der Waals surface area (Å²) in [7, 11) is 0. The number of carbonyl (C=O) groups excluding carboxylic acids is 2. The highest BCUT2D eigenvalue weighted by atomic mass is 16.1. The average molecular weight is 378 g/mol. The highest BCUT2D eigenvalue weighted by Crippen LogP contribution is 2.39. The second-order valence-electron chi connectivity index (χ2n) is 6.61. The van der Waals surface area contributed by atoms with Gasteiger partial charge in [0.15, 0.2) is 17.4 Å². The third-order valence-corrected chi connectivity index (χ3v) is 4.93. The molecule has 0 unspecified atom stereocenters. The first-order valence-electron chi connectivity index (χ1n) is 9.06. The number of hydrogen-bond acceptors (Lipinski definition) is 6. The van der Waals surface area contributed by atoms with Crippen molar-refractivity contribution in [2.24, 2.45) is 0 Å². The Morgan fingerprint density at radius 2 is 1.34 bits per heavy atom. The average Bonchev–Trinajstić information content (AvgIpc) is 2.78. The Balaban J connectivity index is 1.78. The maximum Gasteiger partial charge on any atom is 0.196 e. The zero-order chi connectivity index (χ0) is 19.8. The highest BCUT2D eigenvalue weighted by Gasteiger charge is 2.33. The molecular formula is C23H14N4O2. The first-order chi connectivity index (χ1) is 14.2. The Morgan fingerprint density at radius 3 is 2.07 bits per heavy atom. The van der Waals surface area contributed by atoms with Crippen LogP contribution in [0.1, 0.15) is 31.8 Å². The van der Waals surface area contributed by atoms with E-state index in [9.17, 15) is 9.59 Å². The van der Waals surface area contributed by atoms with E-state index in [0.29, 0.717) is 33.8 Å². The molecule has 0 amide bonds. The smallest absolute Gasteiger partial charge is 0.196 e. The van der Waals surface area contributed by atoms with Gasteiger partial charge in [0.25, 0.3) is 0 Å². The van der Waals surface area contributed by atoms with Crippen LogP contribution >= 0.6 is 0 Å². The SMILES string of the molecule is O=C1c2ccccc2C(=O)c2c1ccc(-c1ccccc1)c2Nc1ccnnn1. The number of anilines is 2. The summed E-state index contributed by atoms with van der Waals surface area (Å²) in [6, 6.07) is 21.8. The number of ketones is 2. The van der Waals surface area contributed by atoms with E-state index in [1.807, 2.05) is 36.4 Å². The van der Waals surface area contributed by atoms with Crippen molar-refractivity contribution in [1.82, 2.24) is 15.4 Å². The number of benzene rings is 3. The third-order valence-electron chi connectivity index (χ3n) is 4.93. The Labute approximate surface area is 166 Å². The van der Waals surface area contributed by atoms with Crippen molar-refractivity contribution >= 4 is 23.1 Å². The molecule has 0 aliphatic heterocycles. The van der Waals surface area contributed by atoms with Gasteiger partial charge in [0.05, 0.1) is 17.4 Å². The van der Waals surface area contributed by atoms with E-state index >= 15 is 0 Å². The van der Waals surface area contributed by atoms with E-state index in [-0.39, 0.29) is 11.6 Å². The lowest BCUT2D eigenvalue weighted by Crippen LogP contribution is -2.22. The number of carbonyl (C=O) groups is 2. The molecule has 1 aliphatic carbocycles. The van der Waals surface area contributed by atoms with Gasteiger partial charge in [-0.2, -0.15) is 0 Å². The van der Waals surface area contributed by atoms with E-state index in [4.69, 9.17) is 0 Å². The number of aromatic nitrogens is 3. The fourth-order valence-electron chi connectivity index (χ4n) is 3.61. The van der Waals surface area contributed by atoms with Crippen LogP contribution in [-0.2, 0) is 0 Å². The van der Waals surface area contributed by atoms with Gasteiger partial charge < -0.3 is 5.32 Å². The van der Waals surface area contributed by atoms with Crippen LogP contribution < -0.4 is 5.32 Å². The van der Waals surface area contributed by atoms with E-state index in [1.54, 1.807) is 36.4 Å². The van der Waals surface area contributed by atoms with Gasteiger partial charge >= 0.3 is 0 Å². The van der Waals surface area contributed by atoms with Crippen LogP contribution in [-0.4, -0.2) is 27.0 Å². The standard InChI is InChI=1S/C23H14N4O2/c28-22-16-8-4-5-9-17(16)23(29)20-18(22)11-10-15(14-6-2-1-3-7-14)21(20)25-19-12-13-24-27-26-19/h1-13H,(H,24,25,26). The van der Waals surface area contributed by atoms with Gasteiger partial charge in [0, 0.05) is 28.3 Å². The van der Waals surface area contributed by atoms with E-state index in [1.165, 1.54) is 6.20 Å². The summed E-state index contributed by atoms with van der Waals surface area (Å²) in [5, 5.41) is 14.5. The second kappa shape index (κ2) is 6.76. The molecule has 1 N–H and O–H groups in total. The van der Waals surface area contributed by atoms with Crippen molar-refractivity contribution in [3.8, 4) is 11.1 Å². The minimum atomic E-state index is -0.197. The predicted octanol–water partition coefficient (Wildman–Crippen LogP) is 4.06. The highest BCUT2D eigenvalue weighted by molar-refractivity contribution is 6.31. The zero-order valence-corrected chi connectivity index (χ0v) is 15.2. The number of fused-ring (bicyclic) bond motifs is 2. The molecular weight excluding hydrogens is 364 g/mol. The Morgan fingerprint density at radius 1 is 0.655 bits per heavy atom. The molecule has 138 valence electrons. The quantitative estimate of drug-likeness (QED) is 0.510. The molecule has 0 atom stereocenters. The number of rotatable bonds is 3. The van der Waals surface area contributed by atoms with Crippen molar-refractivity contribution in [3.05, 3.63) is 101 Å². The van der Waals surface area contributed by atoms with Gasteiger partial charge in [0.2, 0.25) is 0 Å². The van der Waals surface area contributed by atoms with Crippen molar-refractivity contribution in [3.63, 3.8) is 0 Å². The summed E-state index contributed by atoms with van der Waals surface area (Å²) in [5.74, 6) is 0.0702. The number of nitrogens with zero attached hydrogens (tertiary/aromatic N) is 3. The fraction of sp³-hybridized carbons (Fsp3) is 0. The molecule has 0 bridgehead atoms. The molecule has 0 spiro atoms. The largest absolute Gasteiger partial charge is 0.338 e. The second-order valence-corrected chi connectivity index (χ2v) is 6.61. The molecule has 1 heterocycles. The molecule has 6 heteroatoms. The summed E-state index contributed by atoms with van der Waals surface area (Å²) in [6.45, 7) is 0. The van der Waals surface area contributed by atoms with Crippen LogP contribution in [0.5, 0.6) is 0 Å². The summed E-state index contributed by atoms with van der Waals surface area (Å²) in [5.41, 5.74) is 3.78. The first kappa shape index (κ1) is 16.9. The van der Waals surface area contributed by atoms with Gasteiger partial charge in [-0.05, 0) is 16.8 Å².